The van der Waals surface area contributed by atoms with Crippen molar-refractivity contribution in [2.75, 3.05) is 13.2 Å². The lowest BCUT2D eigenvalue weighted by Gasteiger charge is -2.10. The normalized spacial score (nSPS) is 11.3. The number of nitrogens with one attached hydrogen (secondary N) is 1. The summed E-state index contributed by atoms with van der Waals surface area (Å²) in [4.78, 5) is 0.306. The maximum Gasteiger partial charge on any atom is 0.240 e. The standard InChI is InChI=1S/C16H19NO3S/c1-13-7-9-15(10-8-13)20-12-11-17-21(18,19)16-6-4-3-5-14(16)2/h3-10,17H,11-12H2,1-2H3. The molecule has 1 N–H and O–H groups in total. The van der Waals surface area contributed by atoms with Gasteiger partial charge in [0.15, 0.2) is 0 Å². The maximum absolute atomic E-state index is 12.1. The van der Waals surface area contributed by atoms with Gasteiger partial charge in [0.1, 0.15) is 12.4 Å². The summed E-state index contributed by atoms with van der Waals surface area (Å²) in [5.41, 5.74) is 1.88. The van der Waals surface area contributed by atoms with Crippen LogP contribution < -0.4 is 9.46 Å². The second-order valence-corrected chi connectivity index (χ2v) is 6.56. The summed E-state index contributed by atoms with van der Waals surface area (Å²) in [6.07, 6.45) is 0. The van der Waals surface area contributed by atoms with Crippen LogP contribution >= 0.6 is 0 Å². The lowest BCUT2D eigenvalue weighted by molar-refractivity contribution is 0.323. The minimum atomic E-state index is -3.48. The van der Waals surface area contributed by atoms with Crippen molar-refractivity contribution in [3.8, 4) is 5.75 Å². The molecule has 4 nitrogen and oxygen atoms in total. The van der Waals surface area contributed by atoms with Crippen LogP contribution in [0.2, 0.25) is 0 Å². The largest absolute Gasteiger partial charge is 0.492 e. The Kier molecular flexibility index (Phi) is 4.98. The van der Waals surface area contributed by atoms with E-state index in [0.29, 0.717) is 4.90 Å². The molecular weight excluding hydrogens is 286 g/mol. The third kappa shape index (κ3) is 4.31. The summed E-state index contributed by atoms with van der Waals surface area (Å²) < 4.78 is 32.3. The van der Waals surface area contributed by atoms with Gasteiger partial charge >= 0.3 is 0 Å². The van der Waals surface area contributed by atoms with Gasteiger partial charge in [-0.2, -0.15) is 0 Å². The Morgan fingerprint density at radius 3 is 2.33 bits per heavy atom. The molecule has 112 valence electrons. The zero-order valence-electron chi connectivity index (χ0n) is 12.2. The number of benzene rings is 2. The van der Waals surface area contributed by atoms with Gasteiger partial charge in [-0.15, -0.1) is 0 Å². The van der Waals surface area contributed by atoms with Crippen LogP contribution in [0.1, 0.15) is 11.1 Å². The SMILES string of the molecule is Cc1ccc(OCCNS(=O)(=O)c2ccccc2C)cc1. The molecule has 0 unspecified atom stereocenters. The zero-order valence-corrected chi connectivity index (χ0v) is 13.0. The number of ether oxygens (including phenoxy) is 1. The van der Waals surface area contributed by atoms with Crippen molar-refractivity contribution in [1.29, 1.82) is 0 Å². The molecule has 0 radical (unpaired) electrons. The highest BCUT2D eigenvalue weighted by molar-refractivity contribution is 7.89. The molecule has 0 atom stereocenters. The molecular formula is C16H19NO3S. The molecule has 0 amide bonds. The van der Waals surface area contributed by atoms with Crippen LogP contribution in [-0.4, -0.2) is 21.6 Å². The summed E-state index contributed by atoms with van der Waals surface area (Å²) in [7, 11) is -3.48. The van der Waals surface area contributed by atoms with E-state index < -0.39 is 10.0 Å². The van der Waals surface area contributed by atoms with Crippen LogP contribution in [0, 0.1) is 13.8 Å². The van der Waals surface area contributed by atoms with E-state index in [-0.39, 0.29) is 13.2 Å². The van der Waals surface area contributed by atoms with E-state index in [2.05, 4.69) is 4.72 Å². The molecule has 0 saturated carbocycles. The Hall–Kier alpha value is -1.85. The number of hydrogen-bond donors (Lipinski definition) is 1. The van der Waals surface area contributed by atoms with Gasteiger partial charge < -0.3 is 4.74 Å². The van der Waals surface area contributed by atoms with Crippen molar-refractivity contribution < 1.29 is 13.2 Å². The first kappa shape index (κ1) is 15.5. The summed E-state index contributed by atoms with van der Waals surface area (Å²) in [6.45, 7) is 4.29. The molecule has 21 heavy (non-hydrogen) atoms. The fourth-order valence-electron chi connectivity index (χ4n) is 1.92. The predicted octanol–water partition coefficient (Wildman–Crippen LogP) is 2.66. The summed E-state index contributed by atoms with van der Waals surface area (Å²) in [5.74, 6) is 0.732. The van der Waals surface area contributed by atoms with Gasteiger partial charge in [-0.3, -0.25) is 0 Å². The Labute approximate surface area is 125 Å². The van der Waals surface area contributed by atoms with Crippen LogP contribution in [0.25, 0.3) is 0 Å². The van der Waals surface area contributed by atoms with Crippen molar-refractivity contribution in [1.82, 2.24) is 4.72 Å². The molecule has 2 rings (SSSR count). The molecule has 2 aromatic carbocycles. The molecule has 0 bridgehead atoms. The summed E-state index contributed by atoms with van der Waals surface area (Å²) in [5, 5.41) is 0. The van der Waals surface area contributed by atoms with Gasteiger partial charge in [0.2, 0.25) is 10.0 Å². The Morgan fingerprint density at radius 2 is 1.67 bits per heavy atom. The number of aryl methyl sites for hydroxylation is 2. The van der Waals surface area contributed by atoms with E-state index in [4.69, 9.17) is 4.74 Å². The smallest absolute Gasteiger partial charge is 0.240 e. The van der Waals surface area contributed by atoms with Crippen LogP contribution in [0.4, 0.5) is 0 Å². The van der Waals surface area contributed by atoms with Crippen molar-refractivity contribution in [3.63, 3.8) is 0 Å². The Balaban J connectivity index is 1.88. The molecule has 0 heterocycles. The number of sulfonamides is 1. The second-order valence-electron chi connectivity index (χ2n) is 4.82. The fourth-order valence-corrected chi connectivity index (χ4v) is 3.17. The Bertz CT molecular complexity index is 694. The van der Waals surface area contributed by atoms with Gasteiger partial charge in [-0.05, 0) is 37.6 Å². The van der Waals surface area contributed by atoms with Gasteiger partial charge in [-0.1, -0.05) is 35.9 Å². The molecule has 0 fully saturated rings. The monoisotopic (exact) mass is 305 g/mol. The fraction of sp³-hybridized carbons (Fsp3) is 0.250. The number of rotatable bonds is 6. The molecule has 0 spiro atoms. The average Bonchev–Trinajstić information content (AvgIpc) is 2.46. The first-order valence-corrected chi connectivity index (χ1v) is 8.22. The van der Waals surface area contributed by atoms with Gasteiger partial charge in [0.05, 0.1) is 4.90 Å². The maximum atomic E-state index is 12.1. The molecule has 0 aliphatic heterocycles. The van der Waals surface area contributed by atoms with Gasteiger partial charge in [0.25, 0.3) is 0 Å². The van der Waals surface area contributed by atoms with Crippen LogP contribution in [0.5, 0.6) is 5.75 Å². The van der Waals surface area contributed by atoms with Crippen molar-refractivity contribution in [2.45, 2.75) is 18.7 Å². The highest BCUT2D eigenvalue weighted by atomic mass is 32.2. The first-order valence-electron chi connectivity index (χ1n) is 6.74. The highest BCUT2D eigenvalue weighted by Crippen LogP contribution is 2.14. The van der Waals surface area contributed by atoms with E-state index >= 15 is 0 Å². The second kappa shape index (κ2) is 6.74. The molecule has 0 aromatic heterocycles. The minimum Gasteiger partial charge on any atom is -0.492 e. The van der Waals surface area contributed by atoms with Crippen LogP contribution in [-0.2, 0) is 10.0 Å². The lowest BCUT2D eigenvalue weighted by atomic mass is 10.2. The third-order valence-electron chi connectivity index (χ3n) is 3.07. The topological polar surface area (TPSA) is 55.4 Å². The van der Waals surface area contributed by atoms with Crippen LogP contribution in [0.15, 0.2) is 53.4 Å². The van der Waals surface area contributed by atoms with Crippen LogP contribution in [0.3, 0.4) is 0 Å². The Morgan fingerprint density at radius 1 is 1.00 bits per heavy atom. The quantitative estimate of drug-likeness (QED) is 0.835. The zero-order chi connectivity index (χ0) is 15.3. The molecule has 0 aliphatic rings. The first-order chi connectivity index (χ1) is 9.99. The van der Waals surface area contributed by atoms with Gasteiger partial charge in [-0.25, -0.2) is 13.1 Å². The minimum absolute atomic E-state index is 0.227. The highest BCUT2D eigenvalue weighted by Gasteiger charge is 2.15. The average molecular weight is 305 g/mol. The lowest BCUT2D eigenvalue weighted by Crippen LogP contribution is -2.28. The van der Waals surface area contributed by atoms with E-state index in [1.165, 1.54) is 0 Å². The molecule has 2 aromatic rings. The van der Waals surface area contributed by atoms with E-state index in [9.17, 15) is 8.42 Å². The predicted molar refractivity (Wildman–Crippen MR) is 83.0 cm³/mol. The number of hydrogen-bond acceptors (Lipinski definition) is 3. The molecule has 0 aliphatic carbocycles. The summed E-state index contributed by atoms with van der Waals surface area (Å²) >= 11 is 0. The molecule has 5 heteroatoms. The summed E-state index contributed by atoms with van der Waals surface area (Å²) in [6, 6.07) is 14.5. The third-order valence-corrected chi connectivity index (χ3v) is 4.69. The van der Waals surface area contributed by atoms with Crippen molar-refractivity contribution >= 4 is 10.0 Å². The molecule has 0 saturated heterocycles. The van der Waals surface area contributed by atoms with Crippen molar-refractivity contribution in [3.05, 3.63) is 59.7 Å². The van der Waals surface area contributed by atoms with E-state index in [1.54, 1.807) is 25.1 Å². The van der Waals surface area contributed by atoms with Crippen molar-refractivity contribution in [2.24, 2.45) is 0 Å². The van der Waals surface area contributed by atoms with E-state index in [0.717, 1.165) is 16.9 Å². The van der Waals surface area contributed by atoms with E-state index in [1.807, 2.05) is 37.3 Å². The van der Waals surface area contributed by atoms with Gasteiger partial charge in [0, 0.05) is 6.54 Å².